The number of aromatic nitrogens is 5. The fourth-order valence-electron chi connectivity index (χ4n) is 4.84. The summed E-state index contributed by atoms with van der Waals surface area (Å²) in [6.45, 7) is 2.18. The minimum atomic E-state index is -0.261. The molecule has 3 aromatic heterocycles. The predicted molar refractivity (Wildman–Crippen MR) is 124 cm³/mol. The van der Waals surface area contributed by atoms with Gasteiger partial charge in [-0.3, -0.25) is 14.2 Å². The minimum Gasteiger partial charge on any atom is -0.368 e. The average molecular weight is 462 g/mol. The molecule has 0 amide bonds. The second-order valence-corrected chi connectivity index (χ2v) is 9.11. The normalized spacial score (nSPS) is 18.5. The number of para-hydroxylation sites is 1. The third-order valence-electron chi connectivity index (χ3n) is 6.63. The highest BCUT2D eigenvalue weighted by Crippen LogP contribution is 2.65. The largest absolute Gasteiger partial charge is 0.368 e. The summed E-state index contributed by atoms with van der Waals surface area (Å²) in [5.74, 6) is 0.978. The standard InChI is InChI=1S/C23H20ClN7O2/c1-13(32)15-11-26-22(25)27-19(15)29-12-23(8-9-23)18(29)20-28-30-10-7-16(24)17(30)21(33)31(20)14-5-3-2-4-6-14/h2-7,10-11,18H,8-9,12H2,1H3,(H2,25,26,27)/t18-/m1/s1. The Morgan fingerprint density at radius 3 is 2.67 bits per heavy atom. The number of nitrogens with two attached hydrogens (primary N) is 1. The van der Waals surface area contributed by atoms with E-state index in [1.54, 1.807) is 16.8 Å². The maximum atomic E-state index is 13.7. The zero-order chi connectivity index (χ0) is 22.9. The van der Waals surface area contributed by atoms with Crippen LogP contribution in [0, 0.1) is 5.41 Å². The topological polar surface area (TPSA) is 111 Å². The van der Waals surface area contributed by atoms with Crippen molar-refractivity contribution < 1.29 is 4.79 Å². The number of anilines is 2. The van der Waals surface area contributed by atoms with Crippen molar-refractivity contribution in [1.82, 2.24) is 24.1 Å². The molecule has 166 valence electrons. The first kappa shape index (κ1) is 19.9. The molecule has 4 heterocycles. The van der Waals surface area contributed by atoms with Gasteiger partial charge in [0.05, 0.1) is 22.3 Å². The lowest BCUT2D eigenvalue weighted by molar-refractivity contribution is 0.101. The van der Waals surface area contributed by atoms with E-state index in [0.717, 1.165) is 12.8 Å². The number of benzene rings is 1. The van der Waals surface area contributed by atoms with E-state index < -0.39 is 0 Å². The van der Waals surface area contributed by atoms with E-state index in [0.29, 0.717) is 40.0 Å². The summed E-state index contributed by atoms with van der Waals surface area (Å²) in [4.78, 5) is 36.4. The SMILES string of the molecule is CC(=O)c1cnc(N)nc1N1CC2(CC2)[C@H]1c1nn2ccc(Cl)c2c(=O)n1-c1ccccc1. The maximum absolute atomic E-state index is 13.7. The lowest BCUT2D eigenvalue weighted by Crippen LogP contribution is -2.54. The molecule has 1 atom stereocenters. The molecule has 0 bridgehead atoms. The maximum Gasteiger partial charge on any atom is 0.284 e. The zero-order valence-electron chi connectivity index (χ0n) is 17.8. The van der Waals surface area contributed by atoms with Crippen molar-refractivity contribution in [3.63, 3.8) is 0 Å². The van der Waals surface area contributed by atoms with Gasteiger partial charge in [0.15, 0.2) is 11.6 Å². The summed E-state index contributed by atoms with van der Waals surface area (Å²) >= 11 is 6.33. The molecule has 10 heteroatoms. The number of halogens is 1. The molecular formula is C23H20ClN7O2. The molecule has 1 aromatic carbocycles. The lowest BCUT2D eigenvalue weighted by Gasteiger charge is -2.50. The van der Waals surface area contributed by atoms with Crippen molar-refractivity contribution in [1.29, 1.82) is 0 Å². The first-order valence-corrected chi connectivity index (χ1v) is 11.0. The monoisotopic (exact) mass is 461 g/mol. The Kier molecular flexibility index (Phi) is 4.16. The molecular weight excluding hydrogens is 442 g/mol. The van der Waals surface area contributed by atoms with Crippen LogP contribution in [0.15, 0.2) is 53.6 Å². The summed E-state index contributed by atoms with van der Waals surface area (Å²) in [6.07, 6.45) is 5.14. The van der Waals surface area contributed by atoms with Gasteiger partial charge < -0.3 is 10.6 Å². The van der Waals surface area contributed by atoms with Gasteiger partial charge >= 0.3 is 0 Å². The molecule has 1 aliphatic heterocycles. The molecule has 2 N–H and O–H groups in total. The molecule has 33 heavy (non-hydrogen) atoms. The van der Waals surface area contributed by atoms with Gasteiger partial charge in [-0.15, -0.1) is 0 Å². The van der Waals surface area contributed by atoms with Crippen molar-refractivity contribution in [2.75, 3.05) is 17.2 Å². The molecule has 1 saturated heterocycles. The number of fused-ring (bicyclic) bond motifs is 1. The first-order chi connectivity index (χ1) is 15.9. The van der Waals surface area contributed by atoms with Gasteiger partial charge in [0.2, 0.25) is 5.95 Å². The van der Waals surface area contributed by atoms with Gasteiger partial charge in [-0.25, -0.2) is 9.50 Å². The third-order valence-corrected chi connectivity index (χ3v) is 6.93. The van der Waals surface area contributed by atoms with Crippen LogP contribution in [-0.2, 0) is 0 Å². The second-order valence-electron chi connectivity index (χ2n) is 8.71. The van der Waals surface area contributed by atoms with Crippen LogP contribution in [0.4, 0.5) is 11.8 Å². The van der Waals surface area contributed by atoms with Crippen molar-refractivity contribution >= 4 is 34.7 Å². The van der Waals surface area contributed by atoms with Crippen molar-refractivity contribution in [3.8, 4) is 5.69 Å². The molecule has 1 aliphatic carbocycles. The summed E-state index contributed by atoms with van der Waals surface area (Å²) in [6, 6.07) is 10.8. The zero-order valence-corrected chi connectivity index (χ0v) is 18.5. The number of nitrogen functional groups attached to an aromatic ring is 1. The summed E-state index contributed by atoms with van der Waals surface area (Å²) in [5, 5.41) is 5.20. The van der Waals surface area contributed by atoms with E-state index in [1.165, 1.54) is 17.6 Å². The highest BCUT2D eigenvalue weighted by molar-refractivity contribution is 6.33. The van der Waals surface area contributed by atoms with E-state index in [9.17, 15) is 9.59 Å². The number of hydrogen-bond acceptors (Lipinski definition) is 7. The van der Waals surface area contributed by atoms with Crippen LogP contribution in [0.1, 0.15) is 42.0 Å². The molecule has 9 nitrogen and oxygen atoms in total. The van der Waals surface area contributed by atoms with Crippen LogP contribution in [0.3, 0.4) is 0 Å². The number of carbonyl (C=O) groups excluding carboxylic acids is 1. The minimum absolute atomic E-state index is 0.0334. The van der Waals surface area contributed by atoms with Gasteiger partial charge in [-0.2, -0.15) is 10.1 Å². The Labute approximate surface area is 193 Å². The first-order valence-electron chi connectivity index (χ1n) is 10.6. The third kappa shape index (κ3) is 2.88. The fourth-order valence-corrected chi connectivity index (χ4v) is 5.07. The smallest absolute Gasteiger partial charge is 0.284 e. The highest BCUT2D eigenvalue weighted by Gasteiger charge is 2.63. The quantitative estimate of drug-likeness (QED) is 0.465. The van der Waals surface area contributed by atoms with E-state index in [-0.39, 0.29) is 28.7 Å². The van der Waals surface area contributed by atoms with Gasteiger partial charge in [-0.05, 0) is 38.0 Å². The predicted octanol–water partition coefficient (Wildman–Crippen LogP) is 3.05. The Hall–Kier alpha value is -3.72. The number of carbonyl (C=O) groups is 1. The van der Waals surface area contributed by atoms with E-state index in [4.69, 9.17) is 22.4 Å². The van der Waals surface area contributed by atoms with Crippen molar-refractivity contribution in [3.05, 3.63) is 75.6 Å². The van der Waals surface area contributed by atoms with Crippen LogP contribution >= 0.6 is 11.6 Å². The van der Waals surface area contributed by atoms with Gasteiger partial charge in [0, 0.05) is 24.4 Å². The lowest BCUT2D eigenvalue weighted by atomic mass is 9.83. The van der Waals surface area contributed by atoms with Crippen LogP contribution in [0.25, 0.3) is 11.2 Å². The molecule has 0 radical (unpaired) electrons. The Bertz CT molecular complexity index is 1490. The molecule has 1 spiro atoms. The molecule has 1 saturated carbocycles. The molecule has 0 unspecified atom stereocenters. The second kappa shape index (κ2) is 6.89. The average Bonchev–Trinajstić information content (AvgIpc) is 3.51. The summed E-state index contributed by atoms with van der Waals surface area (Å²) in [5.41, 5.74) is 7.00. The van der Waals surface area contributed by atoms with Crippen LogP contribution in [-0.4, -0.2) is 36.5 Å². The van der Waals surface area contributed by atoms with Crippen LogP contribution in [0.2, 0.25) is 5.02 Å². The van der Waals surface area contributed by atoms with E-state index in [2.05, 4.69) is 9.97 Å². The van der Waals surface area contributed by atoms with Crippen molar-refractivity contribution in [2.45, 2.75) is 25.8 Å². The summed E-state index contributed by atoms with van der Waals surface area (Å²) in [7, 11) is 0. The van der Waals surface area contributed by atoms with Crippen LogP contribution in [0.5, 0.6) is 0 Å². The number of Topliss-reactive ketones (excluding diaryl/α,β-unsaturated/α-hetero) is 1. The number of rotatable bonds is 4. The summed E-state index contributed by atoms with van der Waals surface area (Å²) < 4.78 is 3.16. The number of ketones is 1. The number of hydrogen-bond donors (Lipinski definition) is 1. The molecule has 2 fully saturated rings. The highest BCUT2D eigenvalue weighted by atomic mass is 35.5. The molecule has 6 rings (SSSR count). The Morgan fingerprint density at radius 1 is 1.21 bits per heavy atom. The fraction of sp³-hybridized carbons (Fsp3) is 0.261. The van der Waals surface area contributed by atoms with Gasteiger partial charge in [0.1, 0.15) is 11.3 Å². The number of nitrogens with zero attached hydrogens (tertiary/aromatic N) is 6. The molecule has 4 aromatic rings. The van der Waals surface area contributed by atoms with E-state index in [1.807, 2.05) is 35.2 Å². The Balaban J connectivity index is 1.61. The van der Waals surface area contributed by atoms with Gasteiger partial charge in [-0.1, -0.05) is 29.8 Å². The van der Waals surface area contributed by atoms with Crippen LogP contribution < -0.4 is 16.2 Å². The molecule has 2 aliphatic rings. The Morgan fingerprint density at radius 2 is 1.97 bits per heavy atom. The van der Waals surface area contributed by atoms with Gasteiger partial charge in [0.25, 0.3) is 5.56 Å². The van der Waals surface area contributed by atoms with Crippen molar-refractivity contribution in [2.24, 2.45) is 5.41 Å². The van der Waals surface area contributed by atoms with E-state index >= 15 is 0 Å².